The van der Waals surface area contributed by atoms with Crippen LogP contribution in [0.15, 0.2) is 134 Å². The van der Waals surface area contributed by atoms with Gasteiger partial charge in [-0.1, -0.05) is 27.7 Å². The Morgan fingerprint density at radius 3 is 1.68 bits per heavy atom. The fourth-order valence-electron chi connectivity index (χ4n) is 6.88. The average Bonchev–Trinajstić information content (AvgIpc) is 4.04. The molecule has 24 heteroatoms. The predicted molar refractivity (Wildman–Crippen MR) is 273 cm³/mol. The molecule has 5 heterocycles. The first-order chi connectivity index (χ1) is 34.2. The van der Waals surface area contributed by atoms with E-state index >= 15 is 0 Å². The molecule has 7 rings (SSSR count). The van der Waals surface area contributed by atoms with E-state index in [1.54, 1.807) is 38.1 Å². The Morgan fingerprint density at radius 2 is 1.21 bits per heavy atom. The lowest BCUT2D eigenvalue weighted by molar-refractivity contribution is -0.613. The summed E-state index contributed by atoms with van der Waals surface area (Å²) in [6, 6.07) is 15.2. The molecule has 20 nitrogen and oxygen atoms in total. The van der Waals surface area contributed by atoms with Crippen molar-refractivity contribution in [1.29, 1.82) is 0 Å². The number of H-pyrrole nitrogens is 2. The van der Waals surface area contributed by atoms with Gasteiger partial charge in [-0.2, -0.15) is 27.0 Å². The zero-order chi connectivity index (χ0) is 54.1. The lowest BCUT2D eigenvalue weighted by Gasteiger charge is -2.19. The summed E-state index contributed by atoms with van der Waals surface area (Å²) in [5, 5.41) is 21.9. The summed E-state index contributed by atoms with van der Waals surface area (Å²) in [5.74, 6) is -0.980. The first-order valence-corrected chi connectivity index (χ1v) is 25.5. The highest BCUT2D eigenvalue weighted by Crippen LogP contribution is 2.36. The van der Waals surface area contributed by atoms with Gasteiger partial charge in [-0.3, -0.25) is 19.0 Å². The van der Waals surface area contributed by atoms with Crippen LogP contribution in [0, 0.1) is 11.6 Å². The molecule has 0 saturated heterocycles. The summed E-state index contributed by atoms with van der Waals surface area (Å²) in [5.41, 5.74) is 10.0. The number of amides is 2. The summed E-state index contributed by atoms with van der Waals surface area (Å²) in [6.45, 7) is 14.9. The third-order valence-corrected chi connectivity index (χ3v) is 13.1. The molecule has 2 amide bonds. The minimum Gasteiger partial charge on any atom is -0.806 e. The molecular formula is C49H58F2N12O8S2. The largest absolute Gasteiger partial charge is 0.806 e. The number of benzene rings is 2. The van der Waals surface area contributed by atoms with E-state index in [0.717, 1.165) is 15.8 Å². The minimum atomic E-state index is -4.24. The van der Waals surface area contributed by atoms with Gasteiger partial charge in [0, 0.05) is 102 Å². The SMILES string of the molecule is CC(C)c1cc(F)cc(-c2cc[nH]c(=O)c2)c1N.CC(C)c1cc(F)cc(-c2cc[nH]c(=O)c2)c1NC(=O)NS(=O)(=O)c1ccn(C(C)C)n1.CC(C)n1ccc(S(=O)(=O)N=C([O-])[n+]2ccc(N(C)C)cc2)n1. The van der Waals surface area contributed by atoms with Crippen LogP contribution in [-0.4, -0.2) is 72.5 Å². The van der Waals surface area contributed by atoms with Crippen LogP contribution >= 0.6 is 0 Å². The number of carbonyl (C=O) groups is 1. The van der Waals surface area contributed by atoms with Gasteiger partial charge in [-0.25, -0.2) is 22.9 Å². The van der Waals surface area contributed by atoms with E-state index in [9.17, 15) is 45.1 Å². The highest BCUT2D eigenvalue weighted by atomic mass is 32.2. The number of nitrogens with two attached hydrogens (primary N) is 1. The van der Waals surface area contributed by atoms with Crippen molar-refractivity contribution in [3.8, 4) is 22.3 Å². The number of nitrogen functional groups attached to an aromatic ring is 1. The van der Waals surface area contributed by atoms with Gasteiger partial charge in [0.2, 0.25) is 16.1 Å². The van der Waals surface area contributed by atoms with Gasteiger partial charge in [0.25, 0.3) is 16.0 Å². The van der Waals surface area contributed by atoms with Crippen LogP contribution < -0.4 is 41.5 Å². The zero-order valence-corrected chi connectivity index (χ0v) is 43.4. The maximum atomic E-state index is 14.3. The molecule has 0 atom stereocenters. The molecule has 73 heavy (non-hydrogen) atoms. The lowest BCUT2D eigenvalue weighted by Crippen LogP contribution is -2.51. The first-order valence-electron chi connectivity index (χ1n) is 22.6. The third kappa shape index (κ3) is 14.6. The number of urea groups is 1. The molecule has 0 aliphatic carbocycles. The normalized spacial score (nSPS) is 11.8. The number of sulfonamides is 2. The molecule has 0 fully saturated rings. The Labute approximate surface area is 421 Å². The average molecular weight is 1050 g/mol. The number of nitrogens with one attached hydrogen (secondary N) is 4. The van der Waals surface area contributed by atoms with Crippen molar-refractivity contribution >= 4 is 49.2 Å². The second kappa shape index (κ2) is 23.5. The topological polar surface area (TPSA) is 279 Å². The van der Waals surface area contributed by atoms with Crippen LogP contribution in [0.3, 0.4) is 0 Å². The summed E-state index contributed by atoms with van der Waals surface area (Å²) < 4.78 is 86.7. The molecule has 0 aliphatic rings. The van der Waals surface area contributed by atoms with E-state index in [0.29, 0.717) is 27.9 Å². The number of anilines is 3. The number of hydrogen-bond donors (Lipinski definition) is 5. The number of aromatic amines is 2. The Hall–Kier alpha value is -7.99. The Balaban J connectivity index is 0.000000212. The fraction of sp³-hybridized carbons (Fsp3) is 0.286. The number of halogens is 2. The van der Waals surface area contributed by atoms with Crippen LogP contribution in [0.2, 0.25) is 0 Å². The van der Waals surface area contributed by atoms with Crippen molar-refractivity contribution in [3.05, 3.63) is 153 Å². The molecule has 0 unspecified atom stereocenters. The summed E-state index contributed by atoms with van der Waals surface area (Å²) in [7, 11) is -4.65. The molecular weight excluding hydrogens is 987 g/mol. The molecule has 7 aromatic rings. The number of pyridine rings is 3. The van der Waals surface area contributed by atoms with Gasteiger partial charge in [0.05, 0.1) is 18.1 Å². The number of rotatable bonds is 12. The standard InChI is InChI=1S/C21H24FN5O4S.C14H15FN2O.C14H19N5O3S/c1-12(2)16-10-15(22)11-17(14-5-7-23-18(28)9-14)20(16)24-21(29)26-32(30,31)19-6-8-27(25-19)13(3)4;1-8(2)11-6-10(15)7-12(14(11)16)9-3-4-17-13(18)5-9;1-11(2)19-10-7-13(15-19)23(21,22)16-14(20)18-8-5-12(6-9-18)17(3)4/h5-13H,1-4H3,(H,23,28)(H2,24,26,29);3-8H,16H2,1-2H3,(H,17,18);5-11H,1-4H3. The summed E-state index contributed by atoms with van der Waals surface area (Å²) >= 11 is 0. The zero-order valence-electron chi connectivity index (χ0n) is 41.7. The van der Waals surface area contributed by atoms with Crippen molar-refractivity contribution in [2.24, 2.45) is 4.40 Å². The smallest absolute Gasteiger partial charge is 0.388 e. The summed E-state index contributed by atoms with van der Waals surface area (Å²) in [4.78, 5) is 42.6. The Bertz CT molecular complexity index is 3460. The van der Waals surface area contributed by atoms with E-state index in [1.165, 1.54) is 95.1 Å². The van der Waals surface area contributed by atoms with Crippen molar-refractivity contribution < 1.29 is 40.1 Å². The minimum absolute atomic E-state index is 0.0163. The van der Waals surface area contributed by atoms with Crippen LogP contribution in [-0.2, 0) is 20.0 Å². The van der Waals surface area contributed by atoms with E-state index < -0.39 is 43.5 Å². The first kappa shape index (κ1) is 55.9. The second-order valence-corrected chi connectivity index (χ2v) is 21.0. The van der Waals surface area contributed by atoms with Crippen molar-refractivity contribution in [2.45, 2.75) is 89.4 Å². The van der Waals surface area contributed by atoms with Crippen LogP contribution in [0.25, 0.3) is 22.3 Å². The molecule has 0 radical (unpaired) electrons. The van der Waals surface area contributed by atoms with Gasteiger partial charge in [0.15, 0.2) is 5.03 Å². The van der Waals surface area contributed by atoms with Gasteiger partial charge >= 0.3 is 16.1 Å². The third-order valence-electron chi connectivity index (χ3n) is 10.7. The van der Waals surface area contributed by atoms with Gasteiger partial charge in [-0.15, -0.1) is 0 Å². The monoisotopic (exact) mass is 1040 g/mol. The molecule has 0 bridgehead atoms. The van der Waals surface area contributed by atoms with E-state index in [4.69, 9.17) is 5.73 Å². The molecule has 0 aliphatic heterocycles. The van der Waals surface area contributed by atoms with Crippen molar-refractivity contribution in [1.82, 2.24) is 34.3 Å². The lowest BCUT2D eigenvalue weighted by atomic mass is 9.94. The van der Waals surface area contributed by atoms with Crippen LogP contribution in [0.5, 0.6) is 0 Å². The highest BCUT2D eigenvalue weighted by Gasteiger charge is 2.25. The molecule has 5 aromatic heterocycles. The Morgan fingerprint density at radius 1 is 0.726 bits per heavy atom. The molecule has 6 N–H and O–H groups in total. The fourth-order valence-corrected chi connectivity index (χ4v) is 8.55. The van der Waals surface area contributed by atoms with Crippen LogP contribution in [0.4, 0.5) is 30.6 Å². The molecule has 0 spiro atoms. The Kier molecular flexibility index (Phi) is 18.0. The number of carbonyl (C=O) groups excluding carboxylic acids is 1. The quantitative estimate of drug-likeness (QED) is 0.0393. The van der Waals surface area contributed by atoms with E-state index in [-0.39, 0.29) is 56.6 Å². The number of hydrogen-bond acceptors (Lipinski definition) is 12. The number of nitrogens with zero attached hydrogens (tertiary/aromatic N) is 7. The van der Waals surface area contributed by atoms with E-state index in [2.05, 4.69) is 29.9 Å². The van der Waals surface area contributed by atoms with Gasteiger partial charge < -0.3 is 31.0 Å². The van der Waals surface area contributed by atoms with E-state index in [1.807, 2.05) is 65.3 Å². The van der Waals surface area contributed by atoms with Crippen LogP contribution in [0.1, 0.15) is 90.4 Å². The maximum Gasteiger partial charge on any atom is 0.388 e. The second-order valence-electron chi connectivity index (χ2n) is 17.8. The van der Waals surface area contributed by atoms with Crippen molar-refractivity contribution in [2.75, 3.05) is 30.0 Å². The highest BCUT2D eigenvalue weighted by molar-refractivity contribution is 7.90. The van der Waals surface area contributed by atoms with Gasteiger partial charge in [0.1, 0.15) is 11.6 Å². The molecule has 0 saturated carbocycles. The summed E-state index contributed by atoms with van der Waals surface area (Å²) in [6.07, 6.45) is 8.89. The van der Waals surface area contributed by atoms with Gasteiger partial charge in [-0.05, 0) is 110 Å². The predicted octanol–water partition coefficient (Wildman–Crippen LogP) is 6.25. The molecule has 2 aromatic carbocycles. The van der Waals surface area contributed by atoms with Crippen molar-refractivity contribution in [3.63, 3.8) is 0 Å². The number of aromatic nitrogens is 7. The maximum absolute atomic E-state index is 14.3. The molecule has 388 valence electrons.